The van der Waals surface area contributed by atoms with Gasteiger partial charge in [-0.1, -0.05) is 52.2 Å². The molecule has 1 fully saturated rings. The molecule has 0 spiro atoms. The number of aliphatic hydroxyl groups is 1. The second-order valence-corrected chi connectivity index (χ2v) is 11.3. The predicted octanol–water partition coefficient (Wildman–Crippen LogP) is 8.35. The SMILES string of the molecule is C=Nc1cc(C(=O)NC(C/C2=C/NC/C=C\C(O)=C/C2C)c2ccccn2)ccc1N(Cc1ccoc1)C1CCCCC1.CC. The fraction of sp³-hybridized carbons (Fsp3) is 0.378. The van der Waals surface area contributed by atoms with Gasteiger partial charge in [-0.25, -0.2) is 0 Å². The zero-order valence-corrected chi connectivity index (χ0v) is 26.8. The molecule has 1 saturated carbocycles. The summed E-state index contributed by atoms with van der Waals surface area (Å²) < 4.78 is 5.36. The summed E-state index contributed by atoms with van der Waals surface area (Å²) in [5.41, 5.74) is 5.06. The Kier molecular flexibility index (Phi) is 12.6. The lowest BCUT2D eigenvalue weighted by Crippen LogP contribution is -2.36. The number of aliphatic hydroxyl groups excluding tert-OH is 1. The molecule has 8 heteroatoms. The van der Waals surface area contributed by atoms with Crippen LogP contribution >= 0.6 is 0 Å². The maximum atomic E-state index is 13.8. The minimum absolute atomic E-state index is 0.0461. The molecule has 5 rings (SSSR count). The first-order valence-corrected chi connectivity index (χ1v) is 16.1. The quantitative estimate of drug-likeness (QED) is 0.200. The Bertz CT molecular complexity index is 1460. The van der Waals surface area contributed by atoms with E-state index in [1.807, 2.05) is 81.6 Å². The minimum Gasteiger partial charge on any atom is -0.508 e. The van der Waals surface area contributed by atoms with Gasteiger partial charge in [0.05, 0.1) is 35.6 Å². The van der Waals surface area contributed by atoms with Crippen LogP contribution in [-0.2, 0) is 6.54 Å². The highest BCUT2D eigenvalue weighted by molar-refractivity contribution is 5.96. The molecule has 238 valence electrons. The summed E-state index contributed by atoms with van der Waals surface area (Å²) in [4.78, 5) is 25.1. The lowest BCUT2D eigenvalue weighted by molar-refractivity contribution is 0.0935. The van der Waals surface area contributed by atoms with E-state index < -0.39 is 0 Å². The number of nitrogens with zero attached hydrogens (tertiary/aromatic N) is 3. The van der Waals surface area contributed by atoms with E-state index in [9.17, 15) is 9.90 Å². The summed E-state index contributed by atoms with van der Waals surface area (Å²) >= 11 is 0. The monoisotopic (exact) mass is 609 g/mol. The first-order valence-electron chi connectivity index (χ1n) is 16.1. The lowest BCUT2D eigenvalue weighted by Gasteiger charge is -2.36. The van der Waals surface area contributed by atoms with Crippen LogP contribution in [0.1, 0.15) is 87.0 Å². The third kappa shape index (κ3) is 9.20. The highest BCUT2D eigenvalue weighted by Crippen LogP contribution is 2.36. The van der Waals surface area contributed by atoms with E-state index in [-0.39, 0.29) is 23.6 Å². The molecule has 3 heterocycles. The molecule has 2 aliphatic rings. The Morgan fingerprint density at radius 3 is 2.73 bits per heavy atom. The van der Waals surface area contributed by atoms with E-state index in [4.69, 9.17) is 4.42 Å². The number of carbonyl (C=O) groups is 1. The molecule has 2 atom stereocenters. The molecule has 3 aromatic rings. The maximum absolute atomic E-state index is 13.8. The van der Waals surface area contributed by atoms with Crippen LogP contribution in [0.15, 0.2) is 106 Å². The number of allylic oxidation sites excluding steroid dienone is 2. The average molecular weight is 610 g/mol. The first kappa shape index (κ1) is 33.3. The number of nitrogens with one attached hydrogen (secondary N) is 2. The van der Waals surface area contributed by atoms with Crippen LogP contribution < -0.4 is 15.5 Å². The van der Waals surface area contributed by atoms with E-state index in [1.165, 1.54) is 19.3 Å². The minimum atomic E-state index is -0.381. The zero-order chi connectivity index (χ0) is 32.0. The number of hydrogen-bond donors (Lipinski definition) is 3. The molecule has 0 radical (unpaired) electrons. The van der Waals surface area contributed by atoms with Gasteiger partial charge in [0.1, 0.15) is 5.76 Å². The summed E-state index contributed by atoms with van der Waals surface area (Å²) in [7, 11) is 0. The normalized spacial score (nSPS) is 20.6. The van der Waals surface area contributed by atoms with Crippen LogP contribution in [0.5, 0.6) is 0 Å². The van der Waals surface area contributed by atoms with Gasteiger partial charge in [0, 0.05) is 42.4 Å². The van der Waals surface area contributed by atoms with Gasteiger partial charge in [-0.2, -0.15) is 0 Å². The van der Waals surface area contributed by atoms with Crippen LogP contribution in [0, 0.1) is 5.92 Å². The number of aromatic nitrogens is 1. The van der Waals surface area contributed by atoms with Gasteiger partial charge >= 0.3 is 0 Å². The molecule has 0 bridgehead atoms. The molecular formula is C37H47N5O3. The van der Waals surface area contributed by atoms with Crippen molar-refractivity contribution in [3.63, 3.8) is 0 Å². The van der Waals surface area contributed by atoms with Crippen LogP contribution in [0.25, 0.3) is 0 Å². The molecule has 1 aliphatic heterocycles. The van der Waals surface area contributed by atoms with Gasteiger partial charge < -0.3 is 25.1 Å². The summed E-state index contributed by atoms with van der Waals surface area (Å²) in [6.45, 7) is 11.2. The number of benzene rings is 1. The van der Waals surface area contributed by atoms with E-state index in [0.717, 1.165) is 35.4 Å². The van der Waals surface area contributed by atoms with Crippen molar-refractivity contribution in [2.75, 3.05) is 11.4 Å². The van der Waals surface area contributed by atoms with Crippen molar-refractivity contribution >= 4 is 24.0 Å². The smallest absolute Gasteiger partial charge is 0.251 e. The molecule has 0 saturated heterocycles. The molecule has 2 unspecified atom stereocenters. The van der Waals surface area contributed by atoms with Crippen molar-refractivity contribution in [1.29, 1.82) is 0 Å². The average Bonchev–Trinajstić information content (AvgIpc) is 3.62. The van der Waals surface area contributed by atoms with Gasteiger partial charge in [0.15, 0.2) is 0 Å². The molecule has 45 heavy (non-hydrogen) atoms. The van der Waals surface area contributed by atoms with Crippen molar-refractivity contribution in [3.8, 4) is 0 Å². The third-order valence-corrected chi connectivity index (χ3v) is 8.27. The van der Waals surface area contributed by atoms with Crippen LogP contribution in [0.2, 0.25) is 0 Å². The topological polar surface area (TPSA) is 103 Å². The molecule has 2 aromatic heterocycles. The maximum Gasteiger partial charge on any atom is 0.251 e. The Labute approximate surface area is 267 Å². The summed E-state index contributed by atoms with van der Waals surface area (Å²) in [6.07, 6.45) is 19.0. The highest BCUT2D eigenvalue weighted by atomic mass is 16.3. The standard InChI is InChI=1S/C35H41N5O3.C2H6/c1-25-19-30(41)11-8-16-37-22-28(25)21-32(31-12-6-7-17-38-31)39-35(42)27-13-14-34(33(20-27)36-2)40(23-26-15-18-43-24-26)29-9-4-3-5-10-29;1-2/h6-8,11-15,17-20,22,24-25,29,32,37,41H,2-5,9-10,16,21,23H2,1H3,(H,39,42);1-2H3/b11-8-,28-22-,30-19+;. The Morgan fingerprint density at radius 1 is 1.20 bits per heavy atom. The van der Waals surface area contributed by atoms with Crippen molar-refractivity contribution in [2.45, 2.75) is 77.9 Å². The van der Waals surface area contributed by atoms with E-state index in [0.29, 0.717) is 36.8 Å². The number of hydrogen-bond acceptors (Lipinski definition) is 7. The number of amides is 1. The van der Waals surface area contributed by atoms with Gasteiger partial charge in [0.2, 0.25) is 0 Å². The fourth-order valence-electron chi connectivity index (χ4n) is 5.94. The molecule has 8 nitrogen and oxygen atoms in total. The molecule has 1 aromatic carbocycles. The third-order valence-electron chi connectivity index (χ3n) is 8.27. The molecular weight excluding hydrogens is 562 g/mol. The zero-order valence-electron chi connectivity index (χ0n) is 26.8. The van der Waals surface area contributed by atoms with Gasteiger partial charge in [-0.05, 0) is 86.3 Å². The van der Waals surface area contributed by atoms with E-state index >= 15 is 0 Å². The number of pyridine rings is 1. The van der Waals surface area contributed by atoms with Crippen molar-refractivity contribution in [1.82, 2.24) is 15.6 Å². The van der Waals surface area contributed by atoms with Crippen LogP contribution in [-0.4, -0.2) is 35.3 Å². The van der Waals surface area contributed by atoms with Crippen molar-refractivity contribution in [2.24, 2.45) is 10.9 Å². The summed E-state index contributed by atoms with van der Waals surface area (Å²) in [5.74, 6) is -0.0363. The number of furan rings is 1. The number of aliphatic imine (C=N–C) groups is 1. The molecule has 3 N–H and O–H groups in total. The summed E-state index contributed by atoms with van der Waals surface area (Å²) in [6, 6.07) is 13.4. The fourth-order valence-corrected chi connectivity index (χ4v) is 5.94. The second kappa shape index (κ2) is 17.0. The summed E-state index contributed by atoms with van der Waals surface area (Å²) in [5, 5.41) is 16.8. The lowest BCUT2D eigenvalue weighted by atomic mass is 9.92. The Hall–Kier alpha value is -4.59. The molecule has 1 aliphatic carbocycles. The Morgan fingerprint density at radius 2 is 2.02 bits per heavy atom. The van der Waals surface area contributed by atoms with Gasteiger partial charge in [-0.3, -0.25) is 14.8 Å². The van der Waals surface area contributed by atoms with Crippen LogP contribution in [0.3, 0.4) is 0 Å². The van der Waals surface area contributed by atoms with E-state index in [2.05, 4.69) is 32.2 Å². The van der Waals surface area contributed by atoms with Crippen LogP contribution in [0.4, 0.5) is 11.4 Å². The highest BCUT2D eigenvalue weighted by Gasteiger charge is 2.26. The van der Waals surface area contributed by atoms with E-state index in [1.54, 1.807) is 24.8 Å². The predicted molar refractivity (Wildman–Crippen MR) is 183 cm³/mol. The van der Waals surface area contributed by atoms with Gasteiger partial charge in [0.25, 0.3) is 5.91 Å². The number of rotatable bonds is 10. The van der Waals surface area contributed by atoms with Gasteiger partial charge in [-0.15, -0.1) is 0 Å². The number of carbonyl (C=O) groups excluding carboxylic acids is 1. The first-order chi connectivity index (χ1) is 22.0. The molecule has 1 amide bonds. The van der Waals surface area contributed by atoms with Crippen molar-refractivity contribution in [3.05, 3.63) is 114 Å². The second-order valence-electron chi connectivity index (χ2n) is 11.3. The number of anilines is 1. The Balaban J connectivity index is 0.00000226. The van der Waals surface area contributed by atoms with Crippen molar-refractivity contribution < 1.29 is 14.3 Å². The largest absolute Gasteiger partial charge is 0.508 e.